The van der Waals surface area contributed by atoms with Crippen molar-refractivity contribution in [3.8, 4) is 6.07 Å². The molecule has 0 radical (unpaired) electrons. The monoisotopic (exact) mass is 499 g/mol. The van der Waals surface area contributed by atoms with Crippen LogP contribution in [-0.4, -0.2) is 60.0 Å². The molecule has 0 aliphatic carbocycles. The van der Waals surface area contributed by atoms with Crippen molar-refractivity contribution in [1.82, 2.24) is 20.3 Å². The van der Waals surface area contributed by atoms with Gasteiger partial charge in [0.1, 0.15) is 6.07 Å². The van der Waals surface area contributed by atoms with Crippen LogP contribution in [0.25, 0.3) is 0 Å². The van der Waals surface area contributed by atoms with Gasteiger partial charge in [-0.3, -0.25) is 20.1 Å². The molecule has 8 nitrogen and oxygen atoms in total. The standard InChI is InChI=1S/C23H30BrN7O/c1-4-9-29-10-12-30(13-11-29)19-7-5-18(6-8-19)23(32)28-31(16-17(2)3)22-20(24)15-26-21(14-25)27-22/h5-8,15,17H,4,9-13,16H2,1-3H3,(H,28,32). The number of benzene rings is 1. The largest absolute Gasteiger partial charge is 0.369 e. The van der Waals surface area contributed by atoms with Crippen molar-refractivity contribution in [1.29, 1.82) is 5.26 Å². The number of rotatable bonds is 8. The first kappa shape index (κ1) is 24.0. The van der Waals surface area contributed by atoms with Gasteiger partial charge in [-0.1, -0.05) is 20.8 Å². The van der Waals surface area contributed by atoms with E-state index in [9.17, 15) is 4.79 Å². The van der Waals surface area contributed by atoms with Crippen LogP contribution in [0, 0.1) is 17.2 Å². The molecule has 9 heteroatoms. The van der Waals surface area contributed by atoms with Gasteiger partial charge in [-0.05, 0) is 59.1 Å². The lowest BCUT2D eigenvalue weighted by molar-refractivity contribution is 0.0947. The number of piperazine rings is 1. The van der Waals surface area contributed by atoms with Crippen molar-refractivity contribution in [2.45, 2.75) is 27.2 Å². The molecular formula is C23H30BrN7O. The van der Waals surface area contributed by atoms with Crippen LogP contribution in [0.4, 0.5) is 11.5 Å². The highest BCUT2D eigenvalue weighted by Crippen LogP contribution is 2.23. The van der Waals surface area contributed by atoms with Crippen LogP contribution in [0.15, 0.2) is 34.9 Å². The molecule has 1 aromatic carbocycles. The molecule has 1 fully saturated rings. The molecule has 0 bridgehead atoms. The van der Waals surface area contributed by atoms with Gasteiger partial charge in [0.05, 0.1) is 4.47 Å². The van der Waals surface area contributed by atoms with Gasteiger partial charge in [0, 0.05) is 50.2 Å². The topological polar surface area (TPSA) is 88.4 Å². The summed E-state index contributed by atoms with van der Waals surface area (Å²) in [6.45, 7) is 12.1. The second kappa shape index (κ2) is 11.2. The van der Waals surface area contributed by atoms with Crippen LogP contribution in [0.5, 0.6) is 0 Å². The molecule has 1 saturated heterocycles. The van der Waals surface area contributed by atoms with E-state index < -0.39 is 0 Å². The van der Waals surface area contributed by atoms with E-state index in [2.05, 4.69) is 61.9 Å². The number of hydrogen-bond acceptors (Lipinski definition) is 7. The van der Waals surface area contributed by atoms with E-state index >= 15 is 0 Å². The number of nitrogens with one attached hydrogen (secondary N) is 1. The Morgan fingerprint density at radius 3 is 2.53 bits per heavy atom. The van der Waals surface area contributed by atoms with Crippen molar-refractivity contribution in [3.05, 3.63) is 46.3 Å². The van der Waals surface area contributed by atoms with Crippen molar-refractivity contribution in [2.75, 3.05) is 49.2 Å². The molecule has 0 saturated carbocycles. The zero-order chi connectivity index (χ0) is 23.1. The Hall–Kier alpha value is -2.70. The van der Waals surface area contributed by atoms with Gasteiger partial charge in [-0.25, -0.2) is 4.98 Å². The molecule has 0 atom stereocenters. The highest BCUT2D eigenvalue weighted by molar-refractivity contribution is 9.10. The molecule has 1 aromatic heterocycles. The minimum atomic E-state index is -0.228. The molecule has 32 heavy (non-hydrogen) atoms. The molecule has 0 spiro atoms. The number of carbonyl (C=O) groups excluding carboxylic acids is 1. The molecule has 3 rings (SSSR count). The summed E-state index contributed by atoms with van der Waals surface area (Å²) in [6.07, 6.45) is 2.70. The number of nitriles is 1. The molecule has 1 aliphatic heterocycles. The summed E-state index contributed by atoms with van der Waals surface area (Å²) in [5, 5.41) is 10.8. The van der Waals surface area contributed by atoms with E-state index in [4.69, 9.17) is 5.26 Å². The molecule has 170 valence electrons. The quantitative estimate of drug-likeness (QED) is 0.556. The van der Waals surface area contributed by atoms with E-state index in [1.807, 2.05) is 30.3 Å². The normalized spacial score (nSPS) is 14.3. The fourth-order valence-electron chi connectivity index (χ4n) is 3.71. The molecule has 2 heterocycles. The zero-order valence-electron chi connectivity index (χ0n) is 18.9. The second-order valence-corrected chi connectivity index (χ2v) is 9.15. The first-order valence-electron chi connectivity index (χ1n) is 11.0. The zero-order valence-corrected chi connectivity index (χ0v) is 20.5. The molecular weight excluding hydrogens is 470 g/mol. The predicted molar refractivity (Wildman–Crippen MR) is 129 cm³/mol. The number of amides is 1. The number of carbonyl (C=O) groups is 1. The summed E-state index contributed by atoms with van der Waals surface area (Å²) >= 11 is 3.43. The van der Waals surface area contributed by atoms with Gasteiger partial charge in [0.15, 0.2) is 5.82 Å². The molecule has 1 N–H and O–H groups in total. The summed E-state index contributed by atoms with van der Waals surface area (Å²) in [6, 6.07) is 9.66. The van der Waals surface area contributed by atoms with Gasteiger partial charge in [-0.15, -0.1) is 0 Å². The number of hydrogen-bond donors (Lipinski definition) is 1. The average molecular weight is 500 g/mol. The average Bonchev–Trinajstić information content (AvgIpc) is 2.79. The maximum absolute atomic E-state index is 13.0. The number of nitrogens with zero attached hydrogens (tertiary/aromatic N) is 6. The number of anilines is 2. The van der Waals surface area contributed by atoms with Crippen LogP contribution in [0.1, 0.15) is 43.4 Å². The van der Waals surface area contributed by atoms with E-state index in [-0.39, 0.29) is 17.6 Å². The van der Waals surface area contributed by atoms with Crippen LogP contribution >= 0.6 is 15.9 Å². The highest BCUT2D eigenvalue weighted by Gasteiger charge is 2.20. The molecule has 1 amide bonds. The lowest BCUT2D eigenvalue weighted by atomic mass is 10.1. The van der Waals surface area contributed by atoms with Crippen LogP contribution < -0.4 is 15.3 Å². The van der Waals surface area contributed by atoms with Crippen LogP contribution in [0.2, 0.25) is 0 Å². The fraction of sp³-hybridized carbons (Fsp3) is 0.478. The summed E-state index contributed by atoms with van der Waals surface area (Å²) in [5.74, 6) is 0.542. The Morgan fingerprint density at radius 2 is 1.94 bits per heavy atom. The maximum Gasteiger partial charge on any atom is 0.269 e. The van der Waals surface area contributed by atoms with Gasteiger partial charge in [-0.2, -0.15) is 10.2 Å². The number of aromatic nitrogens is 2. The van der Waals surface area contributed by atoms with Crippen LogP contribution in [0.3, 0.4) is 0 Å². The summed E-state index contributed by atoms with van der Waals surface area (Å²) < 4.78 is 0.606. The smallest absolute Gasteiger partial charge is 0.269 e. The van der Waals surface area contributed by atoms with E-state index in [0.29, 0.717) is 22.4 Å². The Morgan fingerprint density at radius 1 is 1.25 bits per heavy atom. The third-order valence-electron chi connectivity index (χ3n) is 5.27. The molecule has 1 aliphatic rings. The summed E-state index contributed by atoms with van der Waals surface area (Å²) in [5.41, 5.74) is 4.64. The van der Waals surface area contributed by atoms with Crippen molar-refractivity contribution in [2.24, 2.45) is 5.92 Å². The predicted octanol–water partition coefficient (Wildman–Crippen LogP) is 3.45. The lowest BCUT2D eigenvalue weighted by Crippen LogP contribution is -2.46. The van der Waals surface area contributed by atoms with E-state index in [1.165, 1.54) is 12.6 Å². The Balaban J connectivity index is 1.70. The van der Waals surface area contributed by atoms with E-state index in [0.717, 1.165) is 38.4 Å². The fourth-order valence-corrected chi connectivity index (χ4v) is 4.11. The van der Waals surface area contributed by atoms with Crippen molar-refractivity contribution < 1.29 is 4.79 Å². The third-order valence-corrected chi connectivity index (χ3v) is 5.83. The Labute approximate surface area is 198 Å². The third kappa shape index (κ3) is 6.17. The molecule has 0 unspecified atom stereocenters. The Bertz CT molecular complexity index is 950. The van der Waals surface area contributed by atoms with Gasteiger partial charge < -0.3 is 4.90 Å². The number of hydrazine groups is 1. The second-order valence-electron chi connectivity index (χ2n) is 8.30. The minimum absolute atomic E-state index is 0.0505. The summed E-state index contributed by atoms with van der Waals surface area (Å²) in [7, 11) is 0. The maximum atomic E-state index is 13.0. The van der Waals surface area contributed by atoms with Gasteiger partial charge in [0.25, 0.3) is 5.91 Å². The van der Waals surface area contributed by atoms with Crippen molar-refractivity contribution >= 4 is 33.3 Å². The Kier molecular flexibility index (Phi) is 8.42. The lowest BCUT2D eigenvalue weighted by Gasteiger charge is -2.36. The van der Waals surface area contributed by atoms with E-state index in [1.54, 1.807) is 5.01 Å². The van der Waals surface area contributed by atoms with Gasteiger partial charge in [0.2, 0.25) is 5.82 Å². The number of halogens is 1. The highest BCUT2D eigenvalue weighted by atomic mass is 79.9. The minimum Gasteiger partial charge on any atom is -0.369 e. The molecule has 2 aromatic rings. The SMILES string of the molecule is CCCN1CCN(c2ccc(C(=O)NN(CC(C)C)c3nc(C#N)ncc3Br)cc2)CC1. The van der Waals surface area contributed by atoms with Crippen molar-refractivity contribution in [3.63, 3.8) is 0 Å². The van der Waals surface area contributed by atoms with Gasteiger partial charge >= 0.3 is 0 Å². The first-order chi connectivity index (χ1) is 15.4. The first-order valence-corrected chi connectivity index (χ1v) is 11.8. The summed E-state index contributed by atoms with van der Waals surface area (Å²) in [4.78, 5) is 26.1. The van der Waals surface area contributed by atoms with Crippen LogP contribution in [-0.2, 0) is 0 Å².